The fourth-order valence-electron chi connectivity index (χ4n) is 1.76. The van der Waals surface area contributed by atoms with Gasteiger partial charge < -0.3 is 10.6 Å². The molecule has 1 heterocycles. The van der Waals surface area contributed by atoms with Gasteiger partial charge in [-0.2, -0.15) is 5.10 Å². The fraction of sp³-hybridized carbons (Fsp3) is 0.462. The summed E-state index contributed by atoms with van der Waals surface area (Å²) in [6.07, 6.45) is 1.86. The normalized spacial score (nSPS) is 11.9. The van der Waals surface area contributed by atoms with E-state index in [2.05, 4.69) is 47.7 Å². The van der Waals surface area contributed by atoms with Crippen LogP contribution in [0.3, 0.4) is 0 Å². The molecule has 0 aliphatic rings. The van der Waals surface area contributed by atoms with Crippen LogP contribution in [-0.2, 0) is 0 Å². The first kappa shape index (κ1) is 11.9. The largest absolute Gasteiger partial charge is 0.383 e. The molecule has 3 N–H and O–H groups in total. The molecular formula is C13H20N4. The zero-order chi connectivity index (χ0) is 12.3. The second kappa shape index (κ2) is 4.75. The molecule has 2 rings (SSSR count). The minimum absolute atomic E-state index is 0.170. The summed E-state index contributed by atoms with van der Waals surface area (Å²) in [5.41, 5.74) is 2.37. The lowest BCUT2D eigenvalue weighted by Gasteiger charge is -2.20. The standard InChI is InChI=1S/C13H20N4/c1-13(2,3)15-8-7-14-11-5-4-6-12-10(11)9-16-17-12/h4-6,9,14-15H,7-8H2,1-3H3,(H,16,17). The van der Waals surface area contributed by atoms with Crippen LogP contribution >= 0.6 is 0 Å². The van der Waals surface area contributed by atoms with Crippen LogP contribution < -0.4 is 10.6 Å². The molecule has 0 aliphatic heterocycles. The maximum Gasteiger partial charge on any atom is 0.0671 e. The minimum atomic E-state index is 0.170. The molecule has 4 heteroatoms. The minimum Gasteiger partial charge on any atom is -0.383 e. The summed E-state index contributed by atoms with van der Waals surface area (Å²) in [7, 11) is 0. The molecule has 17 heavy (non-hydrogen) atoms. The SMILES string of the molecule is CC(C)(C)NCCNc1cccc2[nH]ncc12. The first-order chi connectivity index (χ1) is 8.06. The number of fused-ring (bicyclic) bond motifs is 1. The number of nitrogens with zero attached hydrogens (tertiary/aromatic N) is 1. The molecule has 0 radical (unpaired) electrons. The number of aromatic nitrogens is 2. The van der Waals surface area contributed by atoms with Gasteiger partial charge in [-0.1, -0.05) is 6.07 Å². The van der Waals surface area contributed by atoms with Gasteiger partial charge in [-0.15, -0.1) is 0 Å². The van der Waals surface area contributed by atoms with Crippen molar-refractivity contribution in [2.24, 2.45) is 0 Å². The summed E-state index contributed by atoms with van der Waals surface area (Å²) in [4.78, 5) is 0. The fourth-order valence-corrected chi connectivity index (χ4v) is 1.76. The molecule has 92 valence electrons. The highest BCUT2D eigenvalue weighted by molar-refractivity contribution is 5.90. The molecular weight excluding hydrogens is 212 g/mol. The van der Waals surface area contributed by atoms with Crippen LogP contribution in [0.15, 0.2) is 24.4 Å². The third kappa shape index (κ3) is 3.20. The number of benzene rings is 1. The van der Waals surface area contributed by atoms with Gasteiger partial charge in [-0.25, -0.2) is 0 Å². The van der Waals surface area contributed by atoms with Crippen LogP contribution in [0.4, 0.5) is 5.69 Å². The van der Waals surface area contributed by atoms with Crippen LogP contribution in [-0.4, -0.2) is 28.8 Å². The van der Waals surface area contributed by atoms with E-state index in [1.54, 1.807) is 0 Å². The number of rotatable bonds is 4. The molecule has 1 aromatic carbocycles. The zero-order valence-corrected chi connectivity index (χ0v) is 10.7. The van der Waals surface area contributed by atoms with E-state index >= 15 is 0 Å². The van der Waals surface area contributed by atoms with Crippen molar-refractivity contribution in [3.63, 3.8) is 0 Å². The Balaban J connectivity index is 1.93. The summed E-state index contributed by atoms with van der Waals surface area (Å²) in [5.74, 6) is 0. The van der Waals surface area contributed by atoms with E-state index in [4.69, 9.17) is 0 Å². The molecule has 0 spiro atoms. The smallest absolute Gasteiger partial charge is 0.0671 e. The maximum atomic E-state index is 4.05. The van der Waals surface area contributed by atoms with E-state index in [1.165, 1.54) is 0 Å². The molecule has 0 aliphatic carbocycles. The lowest BCUT2D eigenvalue weighted by molar-refractivity contribution is 0.435. The Kier molecular flexibility index (Phi) is 3.33. The number of aromatic amines is 1. The van der Waals surface area contributed by atoms with Crippen molar-refractivity contribution < 1.29 is 0 Å². The average molecular weight is 232 g/mol. The highest BCUT2D eigenvalue weighted by Gasteiger charge is 2.07. The highest BCUT2D eigenvalue weighted by Crippen LogP contribution is 2.20. The summed E-state index contributed by atoms with van der Waals surface area (Å²) < 4.78 is 0. The summed E-state index contributed by atoms with van der Waals surface area (Å²) in [5, 5.41) is 15.0. The van der Waals surface area contributed by atoms with Crippen LogP contribution in [0, 0.1) is 0 Å². The molecule has 2 aromatic rings. The van der Waals surface area contributed by atoms with Gasteiger partial charge in [0.25, 0.3) is 0 Å². The van der Waals surface area contributed by atoms with Gasteiger partial charge in [0.1, 0.15) is 0 Å². The predicted molar refractivity (Wildman–Crippen MR) is 72.3 cm³/mol. The van der Waals surface area contributed by atoms with Crippen LogP contribution in [0.5, 0.6) is 0 Å². The number of hydrogen-bond donors (Lipinski definition) is 3. The molecule has 0 fully saturated rings. The third-order valence-electron chi connectivity index (χ3n) is 2.58. The van der Waals surface area contributed by atoms with Crippen molar-refractivity contribution >= 4 is 16.6 Å². The Labute approximate surface area is 102 Å². The summed E-state index contributed by atoms with van der Waals surface area (Å²) >= 11 is 0. The van der Waals surface area contributed by atoms with E-state index in [0.29, 0.717) is 0 Å². The molecule has 4 nitrogen and oxygen atoms in total. The van der Waals surface area contributed by atoms with E-state index < -0.39 is 0 Å². The lowest BCUT2D eigenvalue weighted by atomic mass is 10.1. The van der Waals surface area contributed by atoms with Crippen molar-refractivity contribution in [3.8, 4) is 0 Å². The van der Waals surface area contributed by atoms with Crippen molar-refractivity contribution in [2.75, 3.05) is 18.4 Å². The van der Waals surface area contributed by atoms with Crippen LogP contribution in [0.1, 0.15) is 20.8 Å². The molecule has 0 saturated heterocycles. The Morgan fingerprint density at radius 3 is 2.82 bits per heavy atom. The molecule has 0 saturated carbocycles. The van der Waals surface area contributed by atoms with Crippen molar-refractivity contribution in [3.05, 3.63) is 24.4 Å². The first-order valence-corrected chi connectivity index (χ1v) is 5.97. The summed E-state index contributed by atoms with van der Waals surface area (Å²) in [6, 6.07) is 6.13. The average Bonchev–Trinajstić information content (AvgIpc) is 2.71. The van der Waals surface area contributed by atoms with Gasteiger partial charge in [0.15, 0.2) is 0 Å². The maximum absolute atomic E-state index is 4.05. The first-order valence-electron chi connectivity index (χ1n) is 5.97. The molecule has 0 bridgehead atoms. The molecule has 1 aromatic heterocycles. The lowest BCUT2D eigenvalue weighted by Crippen LogP contribution is -2.38. The number of hydrogen-bond acceptors (Lipinski definition) is 3. The quantitative estimate of drug-likeness (QED) is 0.709. The third-order valence-corrected chi connectivity index (χ3v) is 2.58. The molecule has 0 unspecified atom stereocenters. The van der Waals surface area contributed by atoms with Gasteiger partial charge >= 0.3 is 0 Å². The van der Waals surface area contributed by atoms with Gasteiger partial charge in [-0.05, 0) is 32.9 Å². The summed E-state index contributed by atoms with van der Waals surface area (Å²) in [6.45, 7) is 8.36. The van der Waals surface area contributed by atoms with E-state index in [-0.39, 0.29) is 5.54 Å². The second-order valence-corrected chi connectivity index (χ2v) is 5.24. The van der Waals surface area contributed by atoms with E-state index in [9.17, 15) is 0 Å². The number of anilines is 1. The van der Waals surface area contributed by atoms with Crippen molar-refractivity contribution in [1.82, 2.24) is 15.5 Å². The van der Waals surface area contributed by atoms with Gasteiger partial charge in [0.2, 0.25) is 0 Å². The monoisotopic (exact) mass is 232 g/mol. The van der Waals surface area contributed by atoms with Crippen LogP contribution in [0.2, 0.25) is 0 Å². The van der Waals surface area contributed by atoms with Crippen LogP contribution in [0.25, 0.3) is 10.9 Å². The molecule has 0 atom stereocenters. The van der Waals surface area contributed by atoms with Crippen molar-refractivity contribution in [2.45, 2.75) is 26.3 Å². The Morgan fingerprint density at radius 1 is 1.24 bits per heavy atom. The van der Waals surface area contributed by atoms with Crippen molar-refractivity contribution in [1.29, 1.82) is 0 Å². The topological polar surface area (TPSA) is 52.7 Å². The van der Waals surface area contributed by atoms with Gasteiger partial charge in [0.05, 0.1) is 11.7 Å². The zero-order valence-electron chi connectivity index (χ0n) is 10.7. The Morgan fingerprint density at radius 2 is 2.06 bits per heavy atom. The Bertz CT molecular complexity index is 481. The van der Waals surface area contributed by atoms with Gasteiger partial charge in [0, 0.05) is 29.7 Å². The number of nitrogens with one attached hydrogen (secondary N) is 3. The van der Waals surface area contributed by atoms with E-state index in [1.807, 2.05) is 18.3 Å². The Hall–Kier alpha value is -1.55. The molecule has 0 amide bonds. The highest BCUT2D eigenvalue weighted by atomic mass is 15.1. The number of H-pyrrole nitrogens is 1. The second-order valence-electron chi connectivity index (χ2n) is 5.24. The van der Waals surface area contributed by atoms with E-state index in [0.717, 1.165) is 29.7 Å². The predicted octanol–water partition coefficient (Wildman–Crippen LogP) is 2.36. The van der Waals surface area contributed by atoms with Gasteiger partial charge in [-0.3, -0.25) is 5.10 Å².